The summed E-state index contributed by atoms with van der Waals surface area (Å²) in [6.07, 6.45) is 0. The summed E-state index contributed by atoms with van der Waals surface area (Å²) >= 11 is 3.37. The highest BCUT2D eigenvalue weighted by atomic mass is 79.9. The van der Waals surface area contributed by atoms with E-state index in [1.807, 2.05) is 0 Å². The number of nitrogens with zero attached hydrogens (tertiary/aromatic N) is 1. The molecular weight excluding hydrogens is 349 g/mol. The van der Waals surface area contributed by atoms with Crippen LogP contribution in [-0.4, -0.2) is 16.1 Å². The lowest BCUT2D eigenvalue weighted by Gasteiger charge is -2.13. The summed E-state index contributed by atoms with van der Waals surface area (Å²) < 4.78 is 14.7. The Labute approximate surface area is 134 Å². The van der Waals surface area contributed by atoms with Crippen LogP contribution in [0.1, 0.15) is 15.9 Å². The predicted octanol–water partition coefficient (Wildman–Crippen LogP) is 4.81. The lowest BCUT2D eigenvalue weighted by molar-refractivity contribution is 0.0698. The zero-order valence-corrected chi connectivity index (χ0v) is 13.2. The molecule has 0 radical (unpaired) electrons. The number of aromatic carboxylic acids is 1. The molecule has 5 heteroatoms. The fourth-order valence-electron chi connectivity index (χ4n) is 2.55. The zero-order valence-electron chi connectivity index (χ0n) is 11.6. The molecule has 3 rings (SSSR count). The third-order valence-corrected chi connectivity index (χ3v) is 4.21. The van der Waals surface area contributed by atoms with Crippen LogP contribution in [-0.2, 0) is 0 Å². The highest BCUT2D eigenvalue weighted by Crippen LogP contribution is 2.34. The van der Waals surface area contributed by atoms with Gasteiger partial charge in [0.1, 0.15) is 5.82 Å². The normalized spacial score (nSPS) is 10.9. The van der Waals surface area contributed by atoms with Crippen molar-refractivity contribution in [3.63, 3.8) is 0 Å². The Morgan fingerprint density at radius 3 is 2.59 bits per heavy atom. The summed E-state index contributed by atoms with van der Waals surface area (Å²) in [5.41, 5.74) is 1.73. The van der Waals surface area contributed by atoms with E-state index in [0.717, 1.165) is 0 Å². The monoisotopic (exact) mass is 359 g/mol. The third-order valence-electron chi connectivity index (χ3n) is 3.55. The number of pyridine rings is 1. The lowest BCUT2D eigenvalue weighted by Crippen LogP contribution is -2.06. The number of hydrogen-bond donors (Lipinski definition) is 1. The van der Waals surface area contributed by atoms with Crippen molar-refractivity contribution >= 4 is 32.8 Å². The summed E-state index contributed by atoms with van der Waals surface area (Å²) in [7, 11) is 0. The minimum Gasteiger partial charge on any atom is -0.478 e. The summed E-state index contributed by atoms with van der Waals surface area (Å²) in [6, 6.07) is 11.5. The summed E-state index contributed by atoms with van der Waals surface area (Å²) in [6.45, 7) is 1.65. The molecular formula is C17H11BrFNO2. The van der Waals surface area contributed by atoms with E-state index in [1.54, 1.807) is 43.3 Å². The highest BCUT2D eigenvalue weighted by molar-refractivity contribution is 9.10. The van der Waals surface area contributed by atoms with Gasteiger partial charge in [0.05, 0.1) is 16.8 Å². The largest absolute Gasteiger partial charge is 0.478 e. The first-order chi connectivity index (χ1) is 10.5. The van der Waals surface area contributed by atoms with Gasteiger partial charge in [-0.05, 0) is 36.8 Å². The van der Waals surface area contributed by atoms with Crippen molar-refractivity contribution < 1.29 is 14.3 Å². The van der Waals surface area contributed by atoms with Crippen molar-refractivity contribution in [3.05, 3.63) is 63.9 Å². The zero-order chi connectivity index (χ0) is 15.9. The van der Waals surface area contributed by atoms with E-state index in [9.17, 15) is 14.3 Å². The fourth-order valence-corrected chi connectivity index (χ4v) is 3.10. The molecule has 1 aromatic heterocycles. The number of carboxylic acids is 1. The summed E-state index contributed by atoms with van der Waals surface area (Å²) in [4.78, 5) is 16.2. The van der Waals surface area contributed by atoms with Gasteiger partial charge in [0.15, 0.2) is 0 Å². The van der Waals surface area contributed by atoms with Crippen LogP contribution in [0.4, 0.5) is 4.39 Å². The van der Waals surface area contributed by atoms with E-state index in [1.165, 1.54) is 6.07 Å². The Kier molecular flexibility index (Phi) is 3.66. The minimum atomic E-state index is -1.06. The van der Waals surface area contributed by atoms with Crippen LogP contribution in [0.3, 0.4) is 0 Å². The van der Waals surface area contributed by atoms with Crippen LogP contribution in [0.2, 0.25) is 0 Å². The van der Waals surface area contributed by atoms with Gasteiger partial charge in [-0.25, -0.2) is 14.2 Å². The maximum absolute atomic E-state index is 14.1. The Morgan fingerprint density at radius 1 is 1.18 bits per heavy atom. The number of carbonyl (C=O) groups is 1. The molecule has 0 saturated heterocycles. The van der Waals surface area contributed by atoms with E-state index < -0.39 is 11.8 Å². The van der Waals surface area contributed by atoms with E-state index in [2.05, 4.69) is 20.9 Å². The average molecular weight is 360 g/mol. The van der Waals surface area contributed by atoms with Crippen LogP contribution < -0.4 is 0 Å². The van der Waals surface area contributed by atoms with Crippen molar-refractivity contribution in [3.8, 4) is 11.3 Å². The molecule has 110 valence electrons. The van der Waals surface area contributed by atoms with Gasteiger partial charge >= 0.3 is 5.97 Å². The molecule has 0 amide bonds. The van der Waals surface area contributed by atoms with E-state index in [4.69, 9.17) is 0 Å². The number of halogens is 2. The molecule has 1 N–H and O–H groups in total. The molecule has 3 nitrogen and oxygen atoms in total. The number of aromatic nitrogens is 1. The average Bonchev–Trinajstić information content (AvgIpc) is 2.48. The topological polar surface area (TPSA) is 50.2 Å². The molecule has 0 aliphatic heterocycles. The first-order valence-electron chi connectivity index (χ1n) is 6.57. The van der Waals surface area contributed by atoms with Crippen LogP contribution in [0, 0.1) is 12.7 Å². The first kappa shape index (κ1) is 14.7. The van der Waals surface area contributed by atoms with Crippen LogP contribution in [0.25, 0.3) is 22.2 Å². The second kappa shape index (κ2) is 5.50. The van der Waals surface area contributed by atoms with E-state index in [0.29, 0.717) is 32.2 Å². The molecule has 0 spiro atoms. The quantitative estimate of drug-likeness (QED) is 0.714. The van der Waals surface area contributed by atoms with Gasteiger partial charge in [-0.15, -0.1) is 0 Å². The smallest absolute Gasteiger partial charge is 0.336 e. The van der Waals surface area contributed by atoms with Crippen molar-refractivity contribution in [1.29, 1.82) is 0 Å². The van der Waals surface area contributed by atoms with Crippen molar-refractivity contribution in [2.75, 3.05) is 0 Å². The van der Waals surface area contributed by atoms with Crippen LogP contribution >= 0.6 is 15.9 Å². The van der Waals surface area contributed by atoms with Gasteiger partial charge in [-0.1, -0.05) is 34.1 Å². The molecule has 1 heterocycles. The number of fused-ring (bicyclic) bond motifs is 1. The molecule has 0 aliphatic rings. The molecule has 3 aromatic rings. The fraction of sp³-hybridized carbons (Fsp3) is 0.0588. The van der Waals surface area contributed by atoms with Crippen molar-refractivity contribution in [2.45, 2.75) is 6.92 Å². The molecule has 0 aliphatic carbocycles. The number of hydrogen-bond acceptors (Lipinski definition) is 2. The Morgan fingerprint density at radius 2 is 1.91 bits per heavy atom. The standard InChI is InChI=1S/C17H11BrFNO2/c1-9-14(17(21)22)15-11(18)6-4-8-13(15)20-16(9)10-5-2-3-7-12(10)19/h2-8H,1H3,(H,21,22). The van der Waals surface area contributed by atoms with Crippen LogP contribution in [0.5, 0.6) is 0 Å². The maximum Gasteiger partial charge on any atom is 0.336 e. The maximum atomic E-state index is 14.1. The molecule has 0 saturated carbocycles. The Bertz CT molecular complexity index is 909. The van der Waals surface area contributed by atoms with Crippen molar-refractivity contribution in [2.24, 2.45) is 0 Å². The second-order valence-corrected chi connectivity index (χ2v) is 5.73. The van der Waals surface area contributed by atoms with Gasteiger partial charge in [-0.3, -0.25) is 0 Å². The summed E-state index contributed by atoms with van der Waals surface area (Å²) in [5, 5.41) is 10.1. The molecule has 0 unspecified atom stereocenters. The van der Waals surface area contributed by atoms with Gasteiger partial charge in [0, 0.05) is 15.4 Å². The van der Waals surface area contributed by atoms with Gasteiger partial charge in [-0.2, -0.15) is 0 Å². The number of carboxylic acid groups (broad SMARTS) is 1. The van der Waals surface area contributed by atoms with Crippen molar-refractivity contribution in [1.82, 2.24) is 4.98 Å². The van der Waals surface area contributed by atoms with Gasteiger partial charge in [0.2, 0.25) is 0 Å². The Hall–Kier alpha value is -2.27. The SMILES string of the molecule is Cc1c(-c2ccccc2F)nc2cccc(Br)c2c1C(=O)O. The molecule has 0 atom stereocenters. The van der Waals surface area contributed by atoms with E-state index in [-0.39, 0.29) is 5.56 Å². The van der Waals surface area contributed by atoms with Gasteiger partial charge < -0.3 is 5.11 Å². The molecule has 22 heavy (non-hydrogen) atoms. The number of rotatable bonds is 2. The first-order valence-corrected chi connectivity index (χ1v) is 7.37. The van der Waals surface area contributed by atoms with Gasteiger partial charge in [0.25, 0.3) is 0 Å². The highest BCUT2D eigenvalue weighted by Gasteiger charge is 2.21. The molecule has 2 aromatic carbocycles. The summed E-state index contributed by atoms with van der Waals surface area (Å²) in [5.74, 6) is -1.49. The van der Waals surface area contributed by atoms with E-state index >= 15 is 0 Å². The third kappa shape index (κ3) is 2.27. The molecule has 0 bridgehead atoms. The van der Waals surface area contributed by atoms with Crippen LogP contribution in [0.15, 0.2) is 46.9 Å². The predicted molar refractivity (Wildman–Crippen MR) is 86.5 cm³/mol. The minimum absolute atomic E-state index is 0.135. The number of benzene rings is 2. The molecule has 0 fully saturated rings. The second-order valence-electron chi connectivity index (χ2n) is 4.88. The Balaban J connectivity index is 2.46. The lowest BCUT2D eigenvalue weighted by atomic mass is 9.97.